The molecule has 1 N–H and O–H groups in total. The summed E-state index contributed by atoms with van der Waals surface area (Å²) in [5.41, 5.74) is 3.15. The van der Waals surface area contributed by atoms with Crippen LogP contribution in [-0.4, -0.2) is 22.8 Å². The maximum atomic E-state index is 13.3. The highest BCUT2D eigenvalue weighted by atomic mass is 19.1. The molecule has 0 saturated heterocycles. The van der Waals surface area contributed by atoms with E-state index in [1.54, 1.807) is 43.2 Å². The maximum Gasteiger partial charge on any atom is 0.259 e. The van der Waals surface area contributed by atoms with Crippen molar-refractivity contribution in [1.82, 2.24) is 9.78 Å². The molecule has 32 heavy (non-hydrogen) atoms. The number of nitrogens with zero attached hydrogens (tertiary/aromatic N) is 2. The summed E-state index contributed by atoms with van der Waals surface area (Å²) in [6.07, 6.45) is 1.67. The summed E-state index contributed by atoms with van der Waals surface area (Å²) in [5.74, 6) is 0.432. The van der Waals surface area contributed by atoms with E-state index in [1.807, 2.05) is 42.5 Å². The Labute approximate surface area is 185 Å². The van der Waals surface area contributed by atoms with Crippen LogP contribution in [0, 0.1) is 5.82 Å². The van der Waals surface area contributed by atoms with Gasteiger partial charge in [0.15, 0.2) is 0 Å². The maximum absolute atomic E-state index is 13.3. The highest BCUT2D eigenvalue weighted by molar-refractivity contribution is 6.08. The molecule has 1 amide bonds. The Morgan fingerprint density at radius 2 is 1.88 bits per heavy atom. The molecule has 0 aliphatic heterocycles. The molecular formula is C25H22FN3O3. The fourth-order valence-corrected chi connectivity index (χ4v) is 3.35. The number of carbonyl (C=O) groups excluding carboxylic acids is 1. The smallest absolute Gasteiger partial charge is 0.259 e. The zero-order valence-electron chi connectivity index (χ0n) is 17.7. The number of aryl methyl sites for hydroxylation is 1. The lowest BCUT2D eigenvalue weighted by Crippen LogP contribution is -2.12. The highest BCUT2D eigenvalue weighted by Crippen LogP contribution is 2.31. The number of hydrogen-bond donors (Lipinski definition) is 1. The SMILES string of the molecule is COc1ccccc1-c1nn(C)cc1C(=O)Nc1cccc(COc2cccc(F)c2)c1. The van der Waals surface area contributed by atoms with Crippen molar-refractivity contribution in [3.05, 3.63) is 95.9 Å². The van der Waals surface area contributed by atoms with Gasteiger partial charge in [-0.2, -0.15) is 5.10 Å². The van der Waals surface area contributed by atoms with E-state index in [1.165, 1.54) is 12.1 Å². The molecule has 0 spiro atoms. The van der Waals surface area contributed by atoms with E-state index < -0.39 is 0 Å². The number of para-hydroxylation sites is 1. The number of ether oxygens (including phenoxy) is 2. The fraction of sp³-hybridized carbons (Fsp3) is 0.120. The molecule has 6 nitrogen and oxygen atoms in total. The molecule has 4 rings (SSSR count). The molecule has 0 aliphatic carbocycles. The number of hydrogen-bond acceptors (Lipinski definition) is 4. The van der Waals surface area contributed by atoms with Crippen molar-refractivity contribution in [1.29, 1.82) is 0 Å². The lowest BCUT2D eigenvalue weighted by Gasteiger charge is -2.10. The fourth-order valence-electron chi connectivity index (χ4n) is 3.35. The van der Waals surface area contributed by atoms with Crippen LogP contribution in [0.4, 0.5) is 10.1 Å². The third-order valence-corrected chi connectivity index (χ3v) is 4.82. The summed E-state index contributed by atoms with van der Waals surface area (Å²) in [6.45, 7) is 0.243. The van der Waals surface area contributed by atoms with Gasteiger partial charge >= 0.3 is 0 Å². The first-order valence-corrected chi connectivity index (χ1v) is 9.99. The largest absolute Gasteiger partial charge is 0.496 e. The zero-order chi connectivity index (χ0) is 22.5. The molecule has 0 atom stereocenters. The van der Waals surface area contributed by atoms with Crippen molar-refractivity contribution in [2.24, 2.45) is 7.05 Å². The normalized spacial score (nSPS) is 10.6. The van der Waals surface area contributed by atoms with Gasteiger partial charge in [-0.05, 0) is 42.0 Å². The van der Waals surface area contributed by atoms with Gasteiger partial charge in [-0.25, -0.2) is 4.39 Å². The number of amides is 1. The minimum Gasteiger partial charge on any atom is -0.496 e. The number of benzene rings is 3. The number of rotatable bonds is 7. The van der Waals surface area contributed by atoms with E-state index in [0.717, 1.165) is 11.1 Å². The van der Waals surface area contributed by atoms with Crippen molar-refractivity contribution in [2.75, 3.05) is 12.4 Å². The summed E-state index contributed by atoms with van der Waals surface area (Å²) in [4.78, 5) is 13.1. The second kappa shape index (κ2) is 9.34. The Bertz CT molecular complexity index is 1250. The van der Waals surface area contributed by atoms with Crippen LogP contribution in [0.25, 0.3) is 11.3 Å². The average molecular weight is 431 g/mol. The molecule has 162 valence electrons. The summed E-state index contributed by atoms with van der Waals surface area (Å²) in [7, 11) is 3.35. The predicted molar refractivity (Wildman–Crippen MR) is 120 cm³/mol. The molecule has 0 unspecified atom stereocenters. The summed E-state index contributed by atoms with van der Waals surface area (Å²) in [6, 6.07) is 20.7. The monoisotopic (exact) mass is 431 g/mol. The number of anilines is 1. The molecule has 7 heteroatoms. The van der Waals surface area contributed by atoms with Crippen molar-refractivity contribution in [3.8, 4) is 22.8 Å². The lowest BCUT2D eigenvalue weighted by molar-refractivity contribution is 0.102. The third-order valence-electron chi connectivity index (χ3n) is 4.82. The van der Waals surface area contributed by atoms with E-state index in [4.69, 9.17) is 9.47 Å². The second-order valence-corrected chi connectivity index (χ2v) is 7.17. The van der Waals surface area contributed by atoms with Crippen LogP contribution in [0.3, 0.4) is 0 Å². The number of methoxy groups -OCH3 is 1. The van der Waals surface area contributed by atoms with E-state index >= 15 is 0 Å². The number of aromatic nitrogens is 2. The topological polar surface area (TPSA) is 65.4 Å². The predicted octanol–water partition coefficient (Wildman–Crippen LogP) is 5.07. The molecule has 4 aromatic rings. The van der Waals surface area contributed by atoms with Gasteiger partial charge in [0.25, 0.3) is 5.91 Å². The molecule has 1 aromatic heterocycles. The van der Waals surface area contributed by atoms with E-state index in [-0.39, 0.29) is 18.3 Å². The second-order valence-electron chi connectivity index (χ2n) is 7.17. The summed E-state index contributed by atoms with van der Waals surface area (Å²) >= 11 is 0. The lowest BCUT2D eigenvalue weighted by atomic mass is 10.1. The van der Waals surface area contributed by atoms with Crippen LogP contribution in [-0.2, 0) is 13.7 Å². The van der Waals surface area contributed by atoms with Gasteiger partial charge < -0.3 is 14.8 Å². The quantitative estimate of drug-likeness (QED) is 0.444. The number of carbonyl (C=O) groups is 1. The Hall–Kier alpha value is -4.13. The minimum atomic E-state index is -0.356. The Morgan fingerprint density at radius 3 is 2.69 bits per heavy atom. The van der Waals surface area contributed by atoms with Crippen LogP contribution in [0.15, 0.2) is 79.0 Å². The molecular weight excluding hydrogens is 409 g/mol. The molecule has 0 bridgehead atoms. The number of nitrogens with one attached hydrogen (secondary N) is 1. The van der Waals surface area contributed by atoms with Crippen molar-refractivity contribution in [2.45, 2.75) is 6.61 Å². The first-order chi connectivity index (χ1) is 15.5. The van der Waals surface area contributed by atoms with Crippen LogP contribution < -0.4 is 14.8 Å². The van der Waals surface area contributed by atoms with Gasteiger partial charge in [0.2, 0.25) is 0 Å². The zero-order valence-corrected chi connectivity index (χ0v) is 17.7. The van der Waals surface area contributed by atoms with Gasteiger partial charge in [0.05, 0.1) is 12.7 Å². The van der Waals surface area contributed by atoms with E-state index in [9.17, 15) is 9.18 Å². The van der Waals surface area contributed by atoms with Crippen LogP contribution in [0.5, 0.6) is 11.5 Å². The molecule has 0 radical (unpaired) electrons. The standard InChI is InChI=1S/C25H22FN3O3/c1-29-15-22(24(28-29)21-11-3-4-12-23(21)31-2)25(30)27-19-9-5-7-17(13-19)16-32-20-10-6-8-18(26)14-20/h3-15H,16H2,1-2H3,(H,27,30). The minimum absolute atomic E-state index is 0.243. The van der Waals surface area contributed by atoms with Gasteiger partial charge in [0.1, 0.15) is 29.6 Å². The molecule has 0 aliphatic rings. The Morgan fingerprint density at radius 1 is 1.06 bits per heavy atom. The van der Waals surface area contributed by atoms with Crippen LogP contribution in [0.1, 0.15) is 15.9 Å². The number of halogens is 1. The molecule has 3 aromatic carbocycles. The highest BCUT2D eigenvalue weighted by Gasteiger charge is 2.20. The summed E-state index contributed by atoms with van der Waals surface area (Å²) in [5, 5.41) is 7.38. The Balaban J connectivity index is 1.52. The first kappa shape index (κ1) is 21.1. The van der Waals surface area contributed by atoms with Gasteiger partial charge in [-0.3, -0.25) is 9.48 Å². The van der Waals surface area contributed by atoms with Crippen molar-refractivity contribution in [3.63, 3.8) is 0 Å². The first-order valence-electron chi connectivity index (χ1n) is 9.99. The van der Waals surface area contributed by atoms with Crippen LogP contribution >= 0.6 is 0 Å². The van der Waals surface area contributed by atoms with Crippen molar-refractivity contribution < 1.29 is 18.7 Å². The van der Waals surface area contributed by atoms with Gasteiger partial charge in [-0.15, -0.1) is 0 Å². The van der Waals surface area contributed by atoms with Crippen LogP contribution in [0.2, 0.25) is 0 Å². The van der Waals surface area contributed by atoms with Crippen molar-refractivity contribution >= 4 is 11.6 Å². The average Bonchev–Trinajstić information content (AvgIpc) is 3.19. The van der Waals surface area contributed by atoms with Gasteiger partial charge in [0, 0.05) is 30.6 Å². The van der Waals surface area contributed by atoms with E-state index in [0.29, 0.717) is 28.4 Å². The third kappa shape index (κ3) is 4.78. The molecule has 0 fully saturated rings. The Kier molecular flexibility index (Phi) is 6.17. The summed E-state index contributed by atoms with van der Waals surface area (Å²) < 4.78 is 26.0. The molecule has 1 heterocycles. The molecule has 0 saturated carbocycles. The van der Waals surface area contributed by atoms with E-state index in [2.05, 4.69) is 10.4 Å². The van der Waals surface area contributed by atoms with Gasteiger partial charge in [-0.1, -0.05) is 30.3 Å².